The lowest BCUT2D eigenvalue weighted by molar-refractivity contribution is -0.119. The van der Waals surface area contributed by atoms with Gasteiger partial charge in [0.1, 0.15) is 0 Å². The zero-order chi connectivity index (χ0) is 12.8. The predicted octanol–water partition coefficient (Wildman–Crippen LogP) is 2.43. The Hall–Kier alpha value is -1.35. The Balaban J connectivity index is 1.97. The smallest absolute Gasteiger partial charge is 0.227 e. The number of rotatable bonds is 4. The van der Waals surface area contributed by atoms with Crippen LogP contribution in [0, 0.1) is 5.92 Å². The van der Waals surface area contributed by atoms with E-state index < -0.39 is 0 Å². The molecule has 1 aromatic carbocycles. The molecule has 18 heavy (non-hydrogen) atoms. The van der Waals surface area contributed by atoms with Gasteiger partial charge < -0.3 is 10.2 Å². The molecule has 98 valence electrons. The molecule has 1 aliphatic rings. The lowest BCUT2D eigenvalue weighted by Gasteiger charge is -2.26. The summed E-state index contributed by atoms with van der Waals surface area (Å²) in [5, 5.41) is 3.37. The first-order valence-corrected chi connectivity index (χ1v) is 6.87. The monoisotopic (exact) mass is 246 g/mol. The van der Waals surface area contributed by atoms with Crippen molar-refractivity contribution < 1.29 is 4.79 Å². The number of para-hydroxylation sites is 1. The van der Waals surface area contributed by atoms with Crippen LogP contribution in [0.25, 0.3) is 0 Å². The number of amides is 1. The number of hydrogen-bond acceptors (Lipinski definition) is 2. The Labute approximate surface area is 109 Å². The predicted molar refractivity (Wildman–Crippen MR) is 74.7 cm³/mol. The van der Waals surface area contributed by atoms with Crippen molar-refractivity contribution in [2.75, 3.05) is 24.5 Å². The Morgan fingerprint density at radius 1 is 1.39 bits per heavy atom. The van der Waals surface area contributed by atoms with Crippen LogP contribution in [-0.2, 0) is 4.79 Å². The second-order valence-electron chi connectivity index (χ2n) is 4.89. The molecule has 3 heteroatoms. The molecule has 0 bridgehead atoms. The van der Waals surface area contributed by atoms with Crippen molar-refractivity contribution in [2.24, 2.45) is 5.92 Å². The summed E-state index contributed by atoms with van der Waals surface area (Å²) >= 11 is 0. The molecule has 1 fully saturated rings. The average Bonchev–Trinajstić information content (AvgIpc) is 2.42. The van der Waals surface area contributed by atoms with Crippen LogP contribution in [0.15, 0.2) is 30.3 Å². The standard InChI is InChI=1S/C15H22N2O/c1-2-17(14-8-4-3-5-9-14)15(18)11-13-7-6-10-16-12-13/h3-5,8-9,13,16H,2,6-7,10-12H2,1H3. The van der Waals surface area contributed by atoms with E-state index in [1.165, 1.54) is 12.8 Å². The fourth-order valence-corrected chi connectivity index (χ4v) is 2.57. The molecule has 1 unspecified atom stereocenters. The summed E-state index contributed by atoms with van der Waals surface area (Å²) in [7, 11) is 0. The lowest BCUT2D eigenvalue weighted by atomic mass is 9.95. The van der Waals surface area contributed by atoms with Gasteiger partial charge in [-0.2, -0.15) is 0 Å². The zero-order valence-corrected chi connectivity index (χ0v) is 11.1. The summed E-state index contributed by atoms with van der Waals surface area (Å²) in [5.41, 5.74) is 1.01. The Kier molecular flexibility index (Phi) is 4.76. The number of benzene rings is 1. The van der Waals surface area contributed by atoms with Crippen molar-refractivity contribution in [2.45, 2.75) is 26.2 Å². The molecule has 1 amide bonds. The normalized spacial score (nSPS) is 19.5. The summed E-state index contributed by atoms with van der Waals surface area (Å²) < 4.78 is 0. The van der Waals surface area contributed by atoms with Crippen molar-refractivity contribution in [3.05, 3.63) is 30.3 Å². The van der Waals surface area contributed by atoms with E-state index in [1.54, 1.807) is 0 Å². The maximum absolute atomic E-state index is 12.3. The van der Waals surface area contributed by atoms with E-state index in [1.807, 2.05) is 42.2 Å². The molecule has 0 aliphatic carbocycles. The first kappa shape index (κ1) is 13.1. The van der Waals surface area contributed by atoms with E-state index in [2.05, 4.69) is 5.32 Å². The number of hydrogen-bond donors (Lipinski definition) is 1. The van der Waals surface area contributed by atoms with E-state index in [9.17, 15) is 4.79 Å². The topological polar surface area (TPSA) is 32.3 Å². The molecule has 1 saturated heterocycles. The highest BCUT2D eigenvalue weighted by Crippen LogP contribution is 2.19. The molecule has 0 radical (unpaired) electrons. The molecule has 2 rings (SSSR count). The van der Waals surface area contributed by atoms with Crippen LogP contribution in [0.3, 0.4) is 0 Å². The highest BCUT2D eigenvalue weighted by molar-refractivity contribution is 5.93. The van der Waals surface area contributed by atoms with Gasteiger partial charge in [0.25, 0.3) is 0 Å². The van der Waals surface area contributed by atoms with Gasteiger partial charge in [-0.15, -0.1) is 0 Å². The van der Waals surface area contributed by atoms with Gasteiger partial charge in [0.05, 0.1) is 0 Å². The molecular formula is C15H22N2O. The number of carbonyl (C=O) groups is 1. The van der Waals surface area contributed by atoms with Crippen LogP contribution in [0.2, 0.25) is 0 Å². The summed E-state index contributed by atoms with van der Waals surface area (Å²) in [5.74, 6) is 0.751. The minimum atomic E-state index is 0.248. The highest BCUT2D eigenvalue weighted by Gasteiger charge is 2.20. The van der Waals surface area contributed by atoms with Gasteiger partial charge in [0, 0.05) is 18.7 Å². The molecule has 0 saturated carbocycles. The van der Waals surface area contributed by atoms with Crippen molar-refractivity contribution in [3.8, 4) is 0 Å². The highest BCUT2D eigenvalue weighted by atomic mass is 16.2. The summed E-state index contributed by atoms with van der Waals surface area (Å²) in [6, 6.07) is 9.94. The van der Waals surface area contributed by atoms with Crippen LogP contribution in [0.4, 0.5) is 5.69 Å². The SMILES string of the molecule is CCN(C(=O)CC1CCCNC1)c1ccccc1. The van der Waals surface area contributed by atoms with E-state index in [-0.39, 0.29) is 5.91 Å². The van der Waals surface area contributed by atoms with Gasteiger partial charge in [-0.05, 0) is 50.9 Å². The molecule has 1 aliphatic heterocycles. The minimum absolute atomic E-state index is 0.248. The number of piperidine rings is 1. The Morgan fingerprint density at radius 3 is 2.78 bits per heavy atom. The third-order valence-electron chi connectivity index (χ3n) is 3.55. The fourth-order valence-electron chi connectivity index (χ4n) is 2.57. The van der Waals surface area contributed by atoms with Gasteiger partial charge in [-0.25, -0.2) is 0 Å². The second-order valence-corrected chi connectivity index (χ2v) is 4.89. The molecule has 1 heterocycles. The molecule has 1 N–H and O–H groups in total. The second kappa shape index (κ2) is 6.55. The van der Waals surface area contributed by atoms with Gasteiger partial charge in [-0.1, -0.05) is 18.2 Å². The Morgan fingerprint density at radius 2 is 2.17 bits per heavy atom. The fraction of sp³-hybridized carbons (Fsp3) is 0.533. The van der Waals surface area contributed by atoms with Crippen LogP contribution in [0.1, 0.15) is 26.2 Å². The number of carbonyl (C=O) groups excluding carboxylic acids is 1. The zero-order valence-electron chi connectivity index (χ0n) is 11.1. The summed E-state index contributed by atoms with van der Waals surface area (Å²) in [6.07, 6.45) is 3.02. The maximum atomic E-state index is 12.3. The molecule has 3 nitrogen and oxygen atoms in total. The van der Waals surface area contributed by atoms with E-state index in [0.29, 0.717) is 12.3 Å². The van der Waals surface area contributed by atoms with Crippen LogP contribution in [0.5, 0.6) is 0 Å². The van der Waals surface area contributed by atoms with Crippen molar-refractivity contribution in [3.63, 3.8) is 0 Å². The molecule has 0 spiro atoms. The molecule has 1 aromatic rings. The molecular weight excluding hydrogens is 224 g/mol. The van der Waals surface area contributed by atoms with Crippen LogP contribution >= 0.6 is 0 Å². The van der Waals surface area contributed by atoms with Crippen molar-refractivity contribution >= 4 is 11.6 Å². The third-order valence-corrected chi connectivity index (χ3v) is 3.55. The van der Waals surface area contributed by atoms with Gasteiger partial charge >= 0.3 is 0 Å². The quantitative estimate of drug-likeness (QED) is 0.885. The van der Waals surface area contributed by atoms with Gasteiger partial charge in [-0.3, -0.25) is 4.79 Å². The van der Waals surface area contributed by atoms with Crippen LogP contribution < -0.4 is 10.2 Å². The van der Waals surface area contributed by atoms with E-state index in [0.717, 1.165) is 25.3 Å². The number of nitrogens with one attached hydrogen (secondary N) is 1. The maximum Gasteiger partial charge on any atom is 0.227 e. The van der Waals surface area contributed by atoms with E-state index >= 15 is 0 Å². The minimum Gasteiger partial charge on any atom is -0.316 e. The van der Waals surface area contributed by atoms with Crippen molar-refractivity contribution in [1.29, 1.82) is 0 Å². The van der Waals surface area contributed by atoms with Gasteiger partial charge in [0.2, 0.25) is 5.91 Å². The van der Waals surface area contributed by atoms with Crippen molar-refractivity contribution in [1.82, 2.24) is 5.32 Å². The third kappa shape index (κ3) is 3.33. The Bertz CT molecular complexity index is 371. The van der Waals surface area contributed by atoms with Gasteiger partial charge in [0.15, 0.2) is 0 Å². The van der Waals surface area contributed by atoms with Crippen LogP contribution in [-0.4, -0.2) is 25.5 Å². The largest absolute Gasteiger partial charge is 0.316 e. The first-order chi connectivity index (χ1) is 8.81. The number of nitrogens with zero attached hydrogens (tertiary/aromatic N) is 1. The lowest BCUT2D eigenvalue weighted by Crippen LogP contribution is -2.36. The average molecular weight is 246 g/mol. The molecule has 0 aromatic heterocycles. The summed E-state index contributed by atoms with van der Waals surface area (Å²) in [6.45, 7) is 4.85. The molecule has 1 atom stereocenters. The number of anilines is 1. The first-order valence-electron chi connectivity index (χ1n) is 6.87. The van der Waals surface area contributed by atoms with E-state index in [4.69, 9.17) is 0 Å². The summed E-state index contributed by atoms with van der Waals surface area (Å²) in [4.78, 5) is 14.2.